The standard InChI is InChI=1S/C25H28N2O4S2/c1-20-9-15-23(16-10-20)32-18-6-17-26-25(28)19-27(21-11-13-22(31-2)14-12-21)33(29,30)24-7-4-3-5-8-24/h3-5,7-16H,6,17-19H2,1-2H3,(H,26,28). The molecule has 0 radical (unpaired) electrons. The van der Waals surface area contributed by atoms with E-state index in [-0.39, 0.29) is 17.3 Å². The number of rotatable bonds is 11. The number of anilines is 1. The van der Waals surface area contributed by atoms with E-state index >= 15 is 0 Å². The van der Waals surface area contributed by atoms with Crippen molar-refractivity contribution >= 4 is 33.4 Å². The van der Waals surface area contributed by atoms with Gasteiger partial charge in [0.25, 0.3) is 10.0 Å². The van der Waals surface area contributed by atoms with Gasteiger partial charge < -0.3 is 10.1 Å². The molecule has 3 aromatic rings. The van der Waals surface area contributed by atoms with E-state index in [0.717, 1.165) is 16.5 Å². The number of amides is 1. The Morgan fingerprint density at radius 2 is 1.64 bits per heavy atom. The second kappa shape index (κ2) is 11.8. The molecule has 3 rings (SSSR count). The lowest BCUT2D eigenvalue weighted by Gasteiger charge is -2.24. The van der Waals surface area contributed by atoms with Gasteiger partial charge >= 0.3 is 0 Å². The van der Waals surface area contributed by atoms with Gasteiger partial charge in [0.15, 0.2) is 0 Å². The number of methoxy groups -OCH3 is 1. The Hall–Kier alpha value is -2.97. The number of carbonyl (C=O) groups is 1. The third kappa shape index (κ3) is 7.00. The van der Waals surface area contributed by atoms with Gasteiger partial charge in [-0.1, -0.05) is 35.9 Å². The summed E-state index contributed by atoms with van der Waals surface area (Å²) >= 11 is 1.73. The van der Waals surface area contributed by atoms with Gasteiger partial charge in [-0.05, 0) is 67.6 Å². The highest BCUT2D eigenvalue weighted by Crippen LogP contribution is 2.25. The van der Waals surface area contributed by atoms with E-state index in [9.17, 15) is 13.2 Å². The third-order valence-electron chi connectivity index (χ3n) is 4.91. The summed E-state index contributed by atoms with van der Waals surface area (Å²) in [6.45, 7) is 2.21. The molecule has 33 heavy (non-hydrogen) atoms. The first kappa shape index (κ1) is 24.7. The monoisotopic (exact) mass is 484 g/mol. The molecule has 0 atom stereocenters. The SMILES string of the molecule is COc1ccc(N(CC(=O)NCCCSc2ccc(C)cc2)S(=O)(=O)c2ccccc2)cc1. The summed E-state index contributed by atoms with van der Waals surface area (Å²) in [5.41, 5.74) is 1.61. The molecule has 1 N–H and O–H groups in total. The van der Waals surface area contributed by atoms with Crippen molar-refractivity contribution in [2.45, 2.75) is 23.1 Å². The number of aryl methyl sites for hydroxylation is 1. The van der Waals surface area contributed by atoms with Gasteiger partial charge in [-0.15, -0.1) is 11.8 Å². The minimum atomic E-state index is -3.92. The molecule has 8 heteroatoms. The van der Waals surface area contributed by atoms with Gasteiger partial charge in [0, 0.05) is 11.4 Å². The van der Waals surface area contributed by atoms with E-state index in [1.165, 1.54) is 29.7 Å². The number of nitrogens with zero attached hydrogens (tertiary/aromatic N) is 1. The van der Waals surface area contributed by atoms with Crippen molar-refractivity contribution < 1.29 is 17.9 Å². The van der Waals surface area contributed by atoms with Gasteiger partial charge in [0.2, 0.25) is 5.91 Å². The van der Waals surface area contributed by atoms with Gasteiger partial charge in [0.1, 0.15) is 12.3 Å². The van der Waals surface area contributed by atoms with Gasteiger partial charge in [-0.25, -0.2) is 8.42 Å². The molecule has 0 saturated heterocycles. The van der Waals surface area contributed by atoms with Crippen LogP contribution in [0.25, 0.3) is 0 Å². The van der Waals surface area contributed by atoms with Crippen LogP contribution in [-0.2, 0) is 14.8 Å². The third-order valence-corrected chi connectivity index (χ3v) is 7.80. The number of carbonyl (C=O) groups excluding carboxylic acids is 1. The second-order valence-electron chi connectivity index (χ2n) is 7.39. The molecular formula is C25H28N2O4S2. The Kier molecular flexibility index (Phi) is 8.79. The smallest absolute Gasteiger partial charge is 0.264 e. The predicted octanol–water partition coefficient (Wildman–Crippen LogP) is 4.50. The van der Waals surface area contributed by atoms with Crippen LogP contribution < -0.4 is 14.4 Å². The Labute approximate surface area is 200 Å². The highest BCUT2D eigenvalue weighted by atomic mass is 32.2. The quantitative estimate of drug-likeness (QED) is 0.320. The van der Waals surface area contributed by atoms with Gasteiger partial charge in [0.05, 0.1) is 17.7 Å². The van der Waals surface area contributed by atoms with E-state index in [1.54, 1.807) is 54.2 Å². The Morgan fingerprint density at radius 1 is 0.970 bits per heavy atom. The molecule has 0 fully saturated rings. The van der Waals surface area contributed by atoms with Crippen molar-refractivity contribution in [3.05, 3.63) is 84.4 Å². The average Bonchev–Trinajstić information content (AvgIpc) is 2.84. The zero-order chi connectivity index (χ0) is 23.7. The molecule has 0 aliphatic carbocycles. The molecule has 0 saturated carbocycles. The van der Waals surface area contributed by atoms with Crippen molar-refractivity contribution in [2.24, 2.45) is 0 Å². The molecule has 0 aromatic heterocycles. The molecule has 6 nitrogen and oxygen atoms in total. The molecule has 174 valence electrons. The lowest BCUT2D eigenvalue weighted by atomic mass is 10.2. The molecule has 0 heterocycles. The molecule has 0 aliphatic rings. The van der Waals surface area contributed by atoms with Crippen LogP contribution in [0.4, 0.5) is 5.69 Å². The van der Waals surface area contributed by atoms with Crippen LogP contribution in [-0.4, -0.2) is 40.3 Å². The molecular weight excluding hydrogens is 456 g/mol. The summed E-state index contributed by atoms with van der Waals surface area (Å²) in [6, 6.07) is 23.0. The first-order valence-electron chi connectivity index (χ1n) is 10.6. The molecule has 0 bridgehead atoms. The minimum Gasteiger partial charge on any atom is -0.497 e. The van der Waals surface area contributed by atoms with Crippen LogP contribution in [0.1, 0.15) is 12.0 Å². The van der Waals surface area contributed by atoms with Crippen molar-refractivity contribution in [1.29, 1.82) is 0 Å². The van der Waals surface area contributed by atoms with Crippen LogP contribution in [0.5, 0.6) is 5.75 Å². The second-order valence-corrected chi connectivity index (χ2v) is 10.4. The van der Waals surface area contributed by atoms with E-state index in [1.807, 2.05) is 0 Å². The maximum absolute atomic E-state index is 13.3. The fraction of sp³-hybridized carbons (Fsp3) is 0.240. The highest BCUT2D eigenvalue weighted by molar-refractivity contribution is 7.99. The maximum Gasteiger partial charge on any atom is 0.264 e. The van der Waals surface area contributed by atoms with Crippen LogP contribution in [0, 0.1) is 6.92 Å². The van der Waals surface area contributed by atoms with Crippen LogP contribution >= 0.6 is 11.8 Å². The zero-order valence-electron chi connectivity index (χ0n) is 18.7. The molecule has 0 unspecified atom stereocenters. The van der Waals surface area contributed by atoms with E-state index in [0.29, 0.717) is 18.0 Å². The van der Waals surface area contributed by atoms with Crippen molar-refractivity contribution in [3.8, 4) is 5.75 Å². The fourth-order valence-electron chi connectivity index (χ4n) is 3.09. The first-order chi connectivity index (χ1) is 15.9. The molecule has 1 amide bonds. The number of ether oxygens (including phenoxy) is 1. The van der Waals surface area contributed by atoms with Crippen molar-refractivity contribution in [2.75, 3.05) is 30.3 Å². The van der Waals surface area contributed by atoms with E-state index in [2.05, 4.69) is 36.5 Å². The molecule has 0 spiro atoms. The largest absolute Gasteiger partial charge is 0.497 e. The summed E-state index contributed by atoms with van der Waals surface area (Å²) in [4.78, 5) is 14.0. The van der Waals surface area contributed by atoms with E-state index < -0.39 is 10.0 Å². The number of sulfonamides is 1. The number of benzene rings is 3. The fourth-order valence-corrected chi connectivity index (χ4v) is 5.39. The maximum atomic E-state index is 13.3. The van der Waals surface area contributed by atoms with Gasteiger partial charge in [-0.3, -0.25) is 9.10 Å². The van der Waals surface area contributed by atoms with Crippen LogP contribution in [0.15, 0.2) is 88.7 Å². The summed E-state index contributed by atoms with van der Waals surface area (Å²) < 4.78 is 32.9. The van der Waals surface area contributed by atoms with E-state index in [4.69, 9.17) is 4.74 Å². The summed E-state index contributed by atoms with van der Waals surface area (Å²) in [5.74, 6) is 1.10. The first-order valence-corrected chi connectivity index (χ1v) is 13.0. The lowest BCUT2D eigenvalue weighted by molar-refractivity contribution is -0.119. The Bertz CT molecular complexity index is 1130. The normalized spacial score (nSPS) is 11.1. The molecule has 3 aromatic carbocycles. The number of hydrogen-bond donors (Lipinski definition) is 1. The van der Waals surface area contributed by atoms with Crippen molar-refractivity contribution in [3.63, 3.8) is 0 Å². The van der Waals surface area contributed by atoms with Crippen LogP contribution in [0.2, 0.25) is 0 Å². The Balaban J connectivity index is 1.62. The minimum absolute atomic E-state index is 0.128. The average molecular weight is 485 g/mol. The topological polar surface area (TPSA) is 75.7 Å². The highest BCUT2D eigenvalue weighted by Gasteiger charge is 2.27. The van der Waals surface area contributed by atoms with Crippen LogP contribution in [0.3, 0.4) is 0 Å². The predicted molar refractivity (Wildman–Crippen MR) is 133 cm³/mol. The number of hydrogen-bond acceptors (Lipinski definition) is 5. The van der Waals surface area contributed by atoms with Gasteiger partial charge in [-0.2, -0.15) is 0 Å². The number of thioether (sulfide) groups is 1. The zero-order valence-corrected chi connectivity index (χ0v) is 20.4. The van der Waals surface area contributed by atoms with Crippen molar-refractivity contribution in [1.82, 2.24) is 5.32 Å². The summed E-state index contributed by atoms with van der Waals surface area (Å²) in [5, 5.41) is 2.84. The molecule has 0 aliphatic heterocycles. The number of nitrogens with one attached hydrogen (secondary N) is 1. The summed E-state index contributed by atoms with van der Waals surface area (Å²) in [6.07, 6.45) is 0.776. The lowest BCUT2D eigenvalue weighted by Crippen LogP contribution is -2.41. The Morgan fingerprint density at radius 3 is 2.27 bits per heavy atom. The summed E-state index contributed by atoms with van der Waals surface area (Å²) in [7, 11) is -2.38.